The maximum Gasteiger partial charge on any atom is 0.00470 e. The van der Waals surface area contributed by atoms with Crippen molar-refractivity contribution in [3.05, 3.63) is 0 Å². The summed E-state index contributed by atoms with van der Waals surface area (Å²) in [6.45, 7) is 6.97. The minimum atomic E-state index is 0.944. The summed E-state index contributed by atoms with van der Waals surface area (Å²) < 4.78 is 0. The Labute approximate surface area is 595 Å². The van der Waals surface area contributed by atoms with Crippen LogP contribution in [0.1, 0.15) is 554 Å². The predicted molar refractivity (Wildman–Crippen MR) is 434 cm³/mol. The van der Waals surface area contributed by atoms with E-state index in [1.54, 1.807) is 0 Å². The predicted octanol–water partition coefficient (Wildman–Crippen LogP) is 35.3. The van der Waals surface area contributed by atoms with Gasteiger partial charge in [-0.15, -0.1) is 0 Å². The molecule has 0 aromatic rings. The molecule has 0 bridgehead atoms. The lowest BCUT2D eigenvalue weighted by molar-refractivity contribution is 0.509. The van der Waals surface area contributed by atoms with Gasteiger partial charge in [0.15, 0.2) is 0 Å². The van der Waals surface area contributed by atoms with Gasteiger partial charge in [0.25, 0.3) is 0 Å². The van der Waals surface area contributed by atoms with Crippen molar-refractivity contribution >= 4 is 23.5 Å². The molecule has 0 aliphatic heterocycles. The van der Waals surface area contributed by atoms with Crippen LogP contribution in [0.5, 0.6) is 0 Å². The summed E-state index contributed by atoms with van der Waals surface area (Å²) >= 11 is 4.63. The molecule has 0 radical (unpaired) electrons. The zero-order chi connectivity index (χ0) is 65.8. The van der Waals surface area contributed by atoms with Gasteiger partial charge in [0.05, 0.1) is 0 Å². The standard InChI is InChI=1S/C90H182S2/c1-4-7-10-13-16-19-22-25-28-52-57-62-67-72-77-82-87-91-88-83-78-73-68-63-58-53-49-47-45-43-41-39-37-35-33-31-30-32-34-36-38-40-42-44-46-48-51-56-61-66-71-76-81-86-90(85-80-75-70-65-60-55-50-27-24-21-18-15-12-9-6-3)92-89-84-79-74-69-64-59-54-29-26-23-20-17-14-11-8-5-2/h90H,4-89H2,1-3H3. The number of rotatable bonds is 88. The summed E-state index contributed by atoms with van der Waals surface area (Å²) in [5, 5.41) is 0.944. The van der Waals surface area contributed by atoms with Crippen LogP contribution in [0.15, 0.2) is 0 Å². The first kappa shape index (κ1) is 92.7. The Kier molecular flexibility index (Phi) is 90.4. The van der Waals surface area contributed by atoms with Gasteiger partial charge in [-0.25, -0.2) is 0 Å². The van der Waals surface area contributed by atoms with Gasteiger partial charge in [-0.1, -0.05) is 522 Å². The van der Waals surface area contributed by atoms with Gasteiger partial charge < -0.3 is 0 Å². The summed E-state index contributed by atoms with van der Waals surface area (Å²) in [6.07, 6.45) is 123. The van der Waals surface area contributed by atoms with Crippen LogP contribution in [0, 0.1) is 0 Å². The molecule has 2 heteroatoms. The third-order valence-electron chi connectivity index (χ3n) is 21.7. The summed E-state index contributed by atoms with van der Waals surface area (Å²) in [7, 11) is 0. The molecule has 1 atom stereocenters. The maximum atomic E-state index is 2.39. The van der Waals surface area contributed by atoms with Crippen LogP contribution in [-0.4, -0.2) is 22.5 Å². The first-order valence-electron chi connectivity index (χ1n) is 45.0. The van der Waals surface area contributed by atoms with Crippen molar-refractivity contribution in [2.24, 2.45) is 0 Å². The topological polar surface area (TPSA) is 0 Å². The van der Waals surface area contributed by atoms with E-state index < -0.39 is 0 Å². The SMILES string of the molecule is CCCCCCCCCCCCCCCCCCSCCCCCCCCCCCCCCCCCCCCCCCCCCCCCCCCCCCCC(CCCCCCCCCCCCCCCCC)SCCCCCCCCCCCCCCCCCC. The van der Waals surface area contributed by atoms with Gasteiger partial charge in [-0.2, -0.15) is 23.5 Å². The molecule has 0 aromatic carbocycles. The Morgan fingerprint density at radius 2 is 0.250 bits per heavy atom. The second kappa shape index (κ2) is 89.7. The van der Waals surface area contributed by atoms with E-state index >= 15 is 0 Å². The second-order valence-electron chi connectivity index (χ2n) is 31.3. The Balaban J connectivity index is 3.59. The Hall–Kier alpha value is 0.700. The van der Waals surface area contributed by atoms with Crippen LogP contribution in [0.4, 0.5) is 0 Å². The molecule has 0 aromatic heterocycles. The molecule has 0 saturated heterocycles. The van der Waals surface area contributed by atoms with Gasteiger partial charge >= 0.3 is 0 Å². The molecule has 0 nitrogen and oxygen atoms in total. The Bertz CT molecular complexity index is 1200. The molecule has 92 heavy (non-hydrogen) atoms. The number of thioether (sulfide) groups is 2. The van der Waals surface area contributed by atoms with E-state index in [1.807, 2.05) is 0 Å². The van der Waals surface area contributed by atoms with Crippen molar-refractivity contribution in [1.82, 2.24) is 0 Å². The lowest BCUT2D eigenvalue weighted by Crippen LogP contribution is -2.04. The highest BCUT2D eigenvalue weighted by Crippen LogP contribution is 2.27. The molecule has 0 rings (SSSR count). The van der Waals surface area contributed by atoms with Crippen molar-refractivity contribution in [3.63, 3.8) is 0 Å². The van der Waals surface area contributed by atoms with Gasteiger partial charge in [0.2, 0.25) is 0 Å². The molecule has 0 saturated carbocycles. The Morgan fingerprint density at radius 3 is 0.402 bits per heavy atom. The van der Waals surface area contributed by atoms with Crippen LogP contribution in [-0.2, 0) is 0 Å². The molecule has 554 valence electrons. The molecule has 0 aliphatic rings. The van der Waals surface area contributed by atoms with E-state index in [2.05, 4.69) is 44.3 Å². The lowest BCUT2D eigenvalue weighted by atomic mass is 10.0. The summed E-state index contributed by atoms with van der Waals surface area (Å²) in [5.74, 6) is 4.26. The van der Waals surface area contributed by atoms with Crippen molar-refractivity contribution in [2.45, 2.75) is 559 Å². The summed E-state index contributed by atoms with van der Waals surface area (Å²) in [4.78, 5) is 0. The summed E-state index contributed by atoms with van der Waals surface area (Å²) in [5.41, 5.74) is 0. The van der Waals surface area contributed by atoms with E-state index in [9.17, 15) is 0 Å². The van der Waals surface area contributed by atoms with Crippen molar-refractivity contribution < 1.29 is 0 Å². The molecular formula is C90H182S2. The van der Waals surface area contributed by atoms with E-state index in [0.29, 0.717) is 0 Å². The summed E-state index contributed by atoms with van der Waals surface area (Å²) in [6, 6.07) is 0. The highest BCUT2D eigenvalue weighted by molar-refractivity contribution is 7.99. The van der Waals surface area contributed by atoms with Crippen LogP contribution < -0.4 is 0 Å². The van der Waals surface area contributed by atoms with Crippen LogP contribution in [0.3, 0.4) is 0 Å². The molecule has 0 aliphatic carbocycles. The monoisotopic (exact) mass is 1330 g/mol. The van der Waals surface area contributed by atoms with Crippen molar-refractivity contribution in [2.75, 3.05) is 17.3 Å². The van der Waals surface area contributed by atoms with Crippen molar-refractivity contribution in [1.29, 1.82) is 0 Å². The average Bonchev–Trinajstić information content (AvgIpc) is 3.66. The molecule has 0 spiro atoms. The van der Waals surface area contributed by atoms with Crippen LogP contribution >= 0.6 is 23.5 Å². The van der Waals surface area contributed by atoms with Gasteiger partial charge in [0, 0.05) is 5.25 Å². The smallest absolute Gasteiger partial charge is 0.00470 e. The molecule has 0 amide bonds. The highest BCUT2D eigenvalue weighted by Gasteiger charge is 2.10. The minimum absolute atomic E-state index is 0.944. The lowest BCUT2D eigenvalue weighted by Gasteiger charge is -2.17. The van der Waals surface area contributed by atoms with Crippen molar-refractivity contribution in [3.8, 4) is 0 Å². The third kappa shape index (κ3) is 86.8. The number of hydrogen-bond donors (Lipinski definition) is 0. The van der Waals surface area contributed by atoms with Crippen LogP contribution in [0.2, 0.25) is 0 Å². The second-order valence-corrected chi connectivity index (χ2v) is 33.9. The molecule has 1 unspecified atom stereocenters. The molecule has 0 heterocycles. The third-order valence-corrected chi connectivity index (χ3v) is 24.3. The fourth-order valence-electron chi connectivity index (χ4n) is 15.0. The van der Waals surface area contributed by atoms with Gasteiger partial charge in [-0.3, -0.25) is 0 Å². The molecule has 0 N–H and O–H groups in total. The minimum Gasteiger partial charge on any atom is -0.162 e. The molecular weight excluding hydrogens is 1150 g/mol. The molecule has 0 fully saturated rings. The van der Waals surface area contributed by atoms with E-state index in [0.717, 1.165) is 5.25 Å². The quantitative estimate of drug-likeness (QED) is 0.0557. The first-order valence-corrected chi connectivity index (χ1v) is 47.2. The maximum absolute atomic E-state index is 2.39. The van der Waals surface area contributed by atoms with Gasteiger partial charge in [0.1, 0.15) is 0 Å². The largest absolute Gasteiger partial charge is 0.162 e. The van der Waals surface area contributed by atoms with E-state index in [1.165, 1.54) is 550 Å². The first-order chi connectivity index (χ1) is 45.8. The fourth-order valence-corrected chi connectivity index (χ4v) is 17.4. The van der Waals surface area contributed by atoms with Crippen LogP contribution in [0.25, 0.3) is 0 Å². The van der Waals surface area contributed by atoms with E-state index in [-0.39, 0.29) is 0 Å². The fraction of sp³-hybridized carbons (Fsp3) is 1.00. The van der Waals surface area contributed by atoms with E-state index in [4.69, 9.17) is 0 Å². The van der Waals surface area contributed by atoms with Gasteiger partial charge in [-0.05, 0) is 49.4 Å². The number of unbranched alkanes of at least 4 members (excludes halogenated alkanes) is 77. The number of hydrogen-bond acceptors (Lipinski definition) is 2. The normalized spacial score (nSPS) is 12.2. The zero-order valence-electron chi connectivity index (χ0n) is 65.2. The highest BCUT2D eigenvalue weighted by atomic mass is 32.2. The Morgan fingerprint density at radius 1 is 0.130 bits per heavy atom. The zero-order valence-corrected chi connectivity index (χ0v) is 66.8. The average molecular weight is 1330 g/mol.